The van der Waals surface area contributed by atoms with Crippen LogP contribution in [0.5, 0.6) is 0 Å². The number of morpholine rings is 1. The molecule has 2 heterocycles. The third-order valence-electron chi connectivity index (χ3n) is 4.17. The highest BCUT2D eigenvalue weighted by atomic mass is 16.5. The van der Waals surface area contributed by atoms with Gasteiger partial charge in [0.25, 0.3) is 0 Å². The Hall–Kier alpha value is -2.16. The topological polar surface area (TPSA) is 54.1 Å². The van der Waals surface area contributed by atoms with Crippen LogP contribution in [0.25, 0.3) is 0 Å². The first-order valence-electron chi connectivity index (χ1n) is 7.98. The van der Waals surface area contributed by atoms with Crippen LogP contribution in [0.1, 0.15) is 22.5 Å². The summed E-state index contributed by atoms with van der Waals surface area (Å²) in [4.78, 5) is 2.39. The van der Waals surface area contributed by atoms with Gasteiger partial charge in [-0.2, -0.15) is 10.4 Å². The summed E-state index contributed by atoms with van der Waals surface area (Å²) in [5, 5.41) is 13.5. The lowest BCUT2D eigenvalue weighted by Crippen LogP contribution is -2.43. The lowest BCUT2D eigenvalue weighted by molar-refractivity contribution is -0.0404. The van der Waals surface area contributed by atoms with Gasteiger partial charge in [-0.15, -0.1) is 0 Å². The molecule has 0 radical (unpaired) electrons. The van der Waals surface area contributed by atoms with Gasteiger partial charge in [0.1, 0.15) is 0 Å². The molecule has 1 aliphatic rings. The van der Waals surface area contributed by atoms with E-state index in [-0.39, 0.29) is 6.10 Å². The maximum atomic E-state index is 9.01. The van der Waals surface area contributed by atoms with E-state index in [1.807, 2.05) is 29.8 Å². The van der Waals surface area contributed by atoms with Gasteiger partial charge in [-0.3, -0.25) is 9.58 Å². The Balaban J connectivity index is 1.62. The van der Waals surface area contributed by atoms with Gasteiger partial charge in [0.05, 0.1) is 36.6 Å². The molecular formula is C18H22N4O. The number of aromatic nitrogens is 2. The molecule has 2 aromatic rings. The second kappa shape index (κ2) is 6.95. The fourth-order valence-electron chi connectivity index (χ4n) is 3.08. The van der Waals surface area contributed by atoms with Crippen molar-refractivity contribution in [1.29, 1.82) is 5.26 Å². The second-order valence-corrected chi connectivity index (χ2v) is 6.15. The number of hydrogen-bond acceptors (Lipinski definition) is 4. The number of benzene rings is 1. The molecule has 1 fully saturated rings. The maximum Gasteiger partial charge on any atom is 0.0991 e. The Morgan fingerprint density at radius 3 is 2.96 bits per heavy atom. The largest absolute Gasteiger partial charge is 0.374 e. The van der Waals surface area contributed by atoms with E-state index in [0.29, 0.717) is 0 Å². The van der Waals surface area contributed by atoms with Crippen molar-refractivity contribution < 1.29 is 4.74 Å². The average Bonchev–Trinajstić information content (AvgIpc) is 2.85. The quantitative estimate of drug-likeness (QED) is 0.869. The van der Waals surface area contributed by atoms with Crippen LogP contribution in [0.15, 0.2) is 30.3 Å². The van der Waals surface area contributed by atoms with Gasteiger partial charge < -0.3 is 4.74 Å². The van der Waals surface area contributed by atoms with Crippen molar-refractivity contribution in [3.8, 4) is 6.07 Å². The summed E-state index contributed by atoms with van der Waals surface area (Å²) in [6.45, 7) is 8.27. The fraction of sp³-hybridized carbons (Fsp3) is 0.444. The first-order valence-corrected chi connectivity index (χ1v) is 7.98. The number of nitrogens with zero attached hydrogens (tertiary/aromatic N) is 4. The highest BCUT2D eigenvalue weighted by molar-refractivity contribution is 5.32. The predicted molar refractivity (Wildman–Crippen MR) is 87.9 cm³/mol. The molecule has 3 rings (SSSR count). The van der Waals surface area contributed by atoms with Crippen LogP contribution >= 0.6 is 0 Å². The van der Waals surface area contributed by atoms with Gasteiger partial charge in [-0.25, -0.2) is 0 Å². The predicted octanol–water partition coefficient (Wildman–Crippen LogP) is 2.27. The van der Waals surface area contributed by atoms with E-state index in [0.717, 1.165) is 44.0 Å². The minimum absolute atomic E-state index is 0.154. The van der Waals surface area contributed by atoms with E-state index in [2.05, 4.69) is 35.1 Å². The molecule has 1 unspecified atom stereocenters. The third kappa shape index (κ3) is 3.98. The van der Waals surface area contributed by atoms with E-state index < -0.39 is 0 Å². The van der Waals surface area contributed by atoms with Gasteiger partial charge in [0, 0.05) is 25.3 Å². The summed E-state index contributed by atoms with van der Waals surface area (Å²) in [5.74, 6) is 0. The zero-order chi connectivity index (χ0) is 16.2. The lowest BCUT2D eigenvalue weighted by atomic mass is 10.1. The summed E-state index contributed by atoms with van der Waals surface area (Å²) in [6.07, 6.45) is 0.154. The first kappa shape index (κ1) is 15.7. The van der Waals surface area contributed by atoms with Gasteiger partial charge in [0.15, 0.2) is 0 Å². The maximum absolute atomic E-state index is 9.01. The summed E-state index contributed by atoms with van der Waals surface area (Å²) < 4.78 is 7.93. The smallest absolute Gasteiger partial charge is 0.0991 e. The second-order valence-electron chi connectivity index (χ2n) is 6.15. The number of rotatable bonds is 4. The zero-order valence-corrected chi connectivity index (χ0v) is 13.7. The van der Waals surface area contributed by atoms with Crippen molar-refractivity contribution >= 4 is 0 Å². The first-order chi connectivity index (χ1) is 11.1. The number of aryl methyl sites for hydroxylation is 2. The average molecular weight is 310 g/mol. The molecule has 0 spiro atoms. The normalized spacial score (nSPS) is 18.7. The van der Waals surface area contributed by atoms with Gasteiger partial charge in [-0.1, -0.05) is 12.1 Å². The van der Waals surface area contributed by atoms with Crippen molar-refractivity contribution in [2.75, 3.05) is 19.7 Å². The van der Waals surface area contributed by atoms with Gasteiger partial charge in [0.2, 0.25) is 0 Å². The fourth-order valence-corrected chi connectivity index (χ4v) is 3.08. The molecule has 1 saturated heterocycles. The Morgan fingerprint density at radius 1 is 1.35 bits per heavy atom. The highest BCUT2D eigenvalue weighted by Gasteiger charge is 2.21. The Labute approximate surface area is 137 Å². The summed E-state index contributed by atoms with van der Waals surface area (Å²) in [5.41, 5.74) is 4.11. The molecule has 1 aromatic carbocycles. The SMILES string of the molecule is Cc1cc(C)n(CC2CN(Cc3cccc(C#N)c3)CCO2)n1. The van der Waals surface area contributed by atoms with Crippen molar-refractivity contribution in [2.24, 2.45) is 0 Å². The van der Waals surface area contributed by atoms with E-state index in [1.165, 1.54) is 11.3 Å². The van der Waals surface area contributed by atoms with Crippen LogP contribution in [0.3, 0.4) is 0 Å². The monoisotopic (exact) mass is 310 g/mol. The van der Waals surface area contributed by atoms with E-state index >= 15 is 0 Å². The number of nitriles is 1. The summed E-state index contributed by atoms with van der Waals surface area (Å²) in [6, 6.07) is 12.1. The van der Waals surface area contributed by atoms with E-state index in [4.69, 9.17) is 10.00 Å². The van der Waals surface area contributed by atoms with Crippen molar-refractivity contribution in [1.82, 2.24) is 14.7 Å². The summed E-state index contributed by atoms with van der Waals surface area (Å²) in [7, 11) is 0. The molecular weight excluding hydrogens is 288 g/mol. The van der Waals surface area contributed by atoms with Crippen molar-refractivity contribution in [3.05, 3.63) is 52.8 Å². The standard InChI is InChI=1S/C18H22N4O/c1-14-8-15(2)22(20-14)13-18-12-21(6-7-23-18)11-17-5-3-4-16(9-17)10-19/h3-5,8-9,18H,6-7,11-13H2,1-2H3. The van der Waals surface area contributed by atoms with Crippen LogP contribution < -0.4 is 0 Å². The molecule has 23 heavy (non-hydrogen) atoms. The van der Waals surface area contributed by atoms with Gasteiger partial charge >= 0.3 is 0 Å². The van der Waals surface area contributed by atoms with Crippen LogP contribution in [0.2, 0.25) is 0 Å². The molecule has 0 amide bonds. The lowest BCUT2D eigenvalue weighted by Gasteiger charge is -2.33. The molecule has 0 N–H and O–H groups in total. The molecule has 0 saturated carbocycles. The van der Waals surface area contributed by atoms with Crippen LogP contribution in [-0.4, -0.2) is 40.5 Å². The summed E-state index contributed by atoms with van der Waals surface area (Å²) >= 11 is 0. The molecule has 0 bridgehead atoms. The highest BCUT2D eigenvalue weighted by Crippen LogP contribution is 2.14. The number of hydrogen-bond donors (Lipinski definition) is 0. The Morgan fingerprint density at radius 2 is 2.22 bits per heavy atom. The number of ether oxygens (including phenoxy) is 1. The van der Waals surface area contributed by atoms with E-state index in [1.54, 1.807) is 0 Å². The zero-order valence-electron chi connectivity index (χ0n) is 13.7. The molecule has 1 aliphatic heterocycles. The minimum atomic E-state index is 0.154. The van der Waals surface area contributed by atoms with E-state index in [9.17, 15) is 0 Å². The van der Waals surface area contributed by atoms with Crippen LogP contribution in [0, 0.1) is 25.2 Å². The molecule has 0 aliphatic carbocycles. The molecule has 1 atom stereocenters. The Bertz CT molecular complexity index is 716. The van der Waals surface area contributed by atoms with Crippen LogP contribution in [-0.2, 0) is 17.8 Å². The van der Waals surface area contributed by atoms with Crippen LogP contribution in [0.4, 0.5) is 0 Å². The molecule has 5 heteroatoms. The molecule has 120 valence electrons. The van der Waals surface area contributed by atoms with Gasteiger partial charge in [-0.05, 0) is 37.6 Å². The third-order valence-corrected chi connectivity index (χ3v) is 4.17. The van der Waals surface area contributed by atoms with Crippen molar-refractivity contribution in [3.63, 3.8) is 0 Å². The van der Waals surface area contributed by atoms with Crippen molar-refractivity contribution in [2.45, 2.75) is 33.0 Å². The Kier molecular flexibility index (Phi) is 4.75. The molecule has 5 nitrogen and oxygen atoms in total. The minimum Gasteiger partial charge on any atom is -0.374 e. The molecule has 1 aromatic heterocycles.